The Balaban J connectivity index is 2.32. The Morgan fingerprint density at radius 1 is 1.46 bits per heavy atom. The van der Waals surface area contributed by atoms with Crippen LogP contribution in [-0.4, -0.2) is 22.9 Å². The number of hydrogen-bond donors (Lipinski definition) is 2. The monoisotopic (exact) mass is 180 g/mol. The molecule has 0 bridgehead atoms. The Labute approximate surface area is 76.6 Å². The molecule has 1 unspecified atom stereocenters. The predicted octanol–water partition coefficient (Wildman–Crippen LogP) is 1.08. The van der Waals surface area contributed by atoms with Gasteiger partial charge in [-0.2, -0.15) is 0 Å². The smallest absolute Gasteiger partial charge is 0.164 e. The van der Waals surface area contributed by atoms with Gasteiger partial charge in [-0.05, 0) is 24.5 Å². The lowest BCUT2D eigenvalue weighted by Crippen LogP contribution is -2.26. The average molecular weight is 180 g/mol. The summed E-state index contributed by atoms with van der Waals surface area (Å²) < 4.78 is 5.41. The fourth-order valence-electron chi connectivity index (χ4n) is 1.57. The van der Waals surface area contributed by atoms with Gasteiger partial charge in [0.15, 0.2) is 11.5 Å². The Hall–Kier alpha value is -1.22. The Kier molecular flexibility index (Phi) is 2.10. The largest absolute Gasteiger partial charge is 0.504 e. The van der Waals surface area contributed by atoms with Gasteiger partial charge in [0.25, 0.3) is 0 Å². The van der Waals surface area contributed by atoms with Crippen molar-refractivity contribution in [2.75, 3.05) is 6.61 Å². The van der Waals surface area contributed by atoms with E-state index in [1.807, 2.05) is 6.07 Å². The maximum absolute atomic E-state index is 9.46. The zero-order chi connectivity index (χ0) is 9.26. The molecule has 2 N–H and O–H groups in total. The molecule has 1 heterocycles. The van der Waals surface area contributed by atoms with Gasteiger partial charge < -0.3 is 14.9 Å². The van der Waals surface area contributed by atoms with Crippen LogP contribution in [0.5, 0.6) is 11.5 Å². The maximum atomic E-state index is 9.46. The summed E-state index contributed by atoms with van der Waals surface area (Å²) in [6.07, 6.45) is 1.50. The summed E-state index contributed by atoms with van der Waals surface area (Å²) in [6, 6.07) is 5.33. The Morgan fingerprint density at radius 3 is 3.08 bits per heavy atom. The lowest BCUT2D eigenvalue weighted by molar-refractivity contribution is 0.0947. The number of hydrogen-bond acceptors (Lipinski definition) is 3. The third-order valence-electron chi connectivity index (χ3n) is 2.30. The number of para-hydroxylation sites is 1. The fraction of sp³-hybridized carbons (Fsp3) is 0.400. The van der Waals surface area contributed by atoms with Crippen LogP contribution in [0.25, 0.3) is 0 Å². The van der Waals surface area contributed by atoms with Crippen molar-refractivity contribution in [1.82, 2.24) is 0 Å². The molecule has 0 fully saturated rings. The van der Waals surface area contributed by atoms with Crippen molar-refractivity contribution in [2.24, 2.45) is 0 Å². The van der Waals surface area contributed by atoms with Gasteiger partial charge in [0, 0.05) is 0 Å². The molecule has 1 aliphatic heterocycles. The molecule has 13 heavy (non-hydrogen) atoms. The number of aliphatic hydroxyl groups is 1. The van der Waals surface area contributed by atoms with Crippen LogP contribution < -0.4 is 4.74 Å². The second kappa shape index (κ2) is 3.26. The maximum Gasteiger partial charge on any atom is 0.164 e. The van der Waals surface area contributed by atoms with Crippen molar-refractivity contribution in [1.29, 1.82) is 0 Å². The Morgan fingerprint density at radius 2 is 2.31 bits per heavy atom. The highest BCUT2D eigenvalue weighted by atomic mass is 16.5. The van der Waals surface area contributed by atoms with Crippen LogP contribution in [0, 0.1) is 0 Å². The molecule has 3 heteroatoms. The lowest BCUT2D eigenvalue weighted by atomic mass is 10.0. The van der Waals surface area contributed by atoms with Gasteiger partial charge in [-0.25, -0.2) is 0 Å². The summed E-state index contributed by atoms with van der Waals surface area (Å²) in [5, 5.41) is 18.4. The molecule has 0 aromatic heterocycles. The number of ether oxygens (including phenoxy) is 1. The number of phenolic OH excluding ortho intramolecular Hbond substituents is 1. The van der Waals surface area contributed by atoms with Crippen molar-refractivity contribution >= 4 is 0 Å². The van der Waals surface area contributed by atoms with E-state index in [4.69, 9.17) is 9.84 Å². The molecular formula is C10H12O3. The van der Waals surface area contributed by atoms with Crippen molar-refractivity contribution in [3.05, 3.63) is 23.8 Å². The first-order valence-electron chi connectivity index (χ1n) is 4.39. The minimum atomic E-state index is -0.166. The van der Waals surface area contributed by atoms with Crippen LogP contribution in [0.15, 0.2) is 18.2 Å². The molecule has 1 aliphatic rings. The van der Waals surface area contributed by atoms with Crippen LogP contribution in [-0.2, 0) is 6.42 Å². The summed E-state index contributed by atoms with van der Waals surface area (Å²) in [5.74, 6) is 0.698. The van der Waals surface area contributed by atoms with Gasteiger partial charge >= 0.3 is 0 Å². The quantitative estimate of drug-likeness (QED) is 0.679. The molecule has 2 rings (SSSR count). The van der Waals surface area contributed by atoms with Crippen LogP contribution in [0.3, 0.4) is 0 Å². The highest BCUT2D eigenvalue weighted by Gasteiger charge is 2.20. The fourth-order valence-corrected chi connectivity index (χ4v) is 1.57. The van der Waals surface area contributed by atoms with Crippen LogP contribution in [0.4, 0.5) is 0 Å². The lowest BCUT2D eigenvalue weighted by Gasteiger charge is -2.24. The summed E-state index contributed by atoms with van der Waals surface area (Å²) in [4.78, 5) is 0. The average Bonchev–Trinajstić information content (AvgIpc) is 2.18. The predicted molar refractivity (Wildman–Crippen MR) is 47.9 cm³/mol. The minimum absolute atomic E-state index is 0.00771. The molecule has 0 aliphatic carbocycles. The van der Waals surface area contributed by atoms with E-state index < -0.39 is 0 Å². The zero-order valence-corrected chi connectivity index (χ0v) is 7.23. The van der Waals surface area contributed by atoms with Crippen molar-refractivity contribution in [2.45, 2.75) is 18.9 Å². The van der Waals surface area contributed by atoms with E-state index in [-0.39, 0.29) is 18.5 Å². The molecular weight excluding hydrogens is 168 g/mol. The summed E-state index contributed by atoms with van der Waals surface area (Å²) in [5.41, 5.74) is 1.02. The third kappa shape index (κ3) is 1.47. The topological polar surface area (TPSA) is 49.7 Å². The number of rotatable bonds is 1. The highest BCUT2D eigenvalue weighted by molar-refractivity contribution is 5.46. The zero-order valence-electron chi connectivity index (χ0n) is 7.23. The van der Waals surface area contributed by atoms with E-state index in [2.05, 4.69) is 0 Å². The molecule has 0 saturated carbocycles. The van der Waals surface area contributed by atoms with Gasteiger partial charge in [0.05, 0.1) is 6.61 Å². The minimum Gasteiger partial charge on any atom is -0.504 e. The number of aryl methyl sites for hydroxylation is 1. The Bertz CT molecular complexity index is 309. The summed E-state index contributed by atoms with van der Waals surface area (Å²) in [7, 11) is 0. The van der Waals surface area contributed by atoms with Gasteiger partial charge in [-0.3, -0.25) is 0 Å². The van der Waals surface area contributed by atoms with Crippen LogP contribution >= 0.6 is 0 Å². The standard InChI is InChI=1S/C10H12O3/c11-6-8-5-4-7-2-1-3-9(12)10(7)13-8/h1-3,8,11-12H,4-6H2. The number of aliphatic hydroxyl groups excluding tert-OH is 1. The molecule has 1 atom stereocenters. The van der Waals surface area contributed by atoms with Crippen molar-refractivity contribution in [3.8, 4) is 11.5 Å². The summed E-state index contributed by atoms with van der Waals surface area (Å²) >= 11 is 0. The van der Waals surface area contributed by atoms with E-state index in [1.165, 1.54) is 0 Å². The van der Waals surface area contributed by atoms with E-state index in [0.29, 0.717) is 5.75 Å². The first kappa shape index (κ1) is 8.38. The highest BCUT2D eigenvalue weighted by Crippen LogP contribution is 2.35. The van der Waals surface area contributed by atoms with Gasteiger partial charge in [-0.1, -0.05) is 12.1 Å². The molecule has 1 aromatic rings. The van der Waals surface area contributed by atoms with E-state index in [1.54, 1.807) is 12.1 Å². The number of benzene rings is 1. The molecule has 70 valence electrons. The van der Waals surface area contributed by atoms with Crippen molar-refractivity contribution < 1.29 is 14.9 Å². The summed E-state index contributed by atoms with van der Waals surface area (Å²) in [6.45, 7) is 0.00771. The van der Waals surface area contributed by atoms with Crippen molar-refractivity contribution in [3.63, 3.8) is 0 Å². The van der Waals surface area contributed by atoms with E-state index >= 15 is 0 Å². The first-order valence-corrected chi connectivity index (χ1v) is 4.39. The van der Waals surface area contributed by atoms with Gasteiger partial charge in [-0.15, -0.1) is 0 Å². The number of aromatic hydroxyl groups is 1. The second-order valence-electron chi connectivity index (χ2n) is 3.23. The SMILES string of the molecule is OCC1CCc2cccc(O)c2O1. The molecule has 1 aromatic carbocycles. The molecule has 3 nitrogen and oxygen atoms in total. The molecule has 0 spiro atoms. The van der Waals surface area contributed by atoms with Gasteiger partial charge in [0.2, 0.25) is 0 Å². The van der Waals surface area contributed by atoms with E-state index in [0.717, 1.165) is 18.4 Å². The second-order valence-corrected chi connectivity index (χ2v) is 3.23. The van der Waals surface area contributed by atoms with Crippen LogP contribution in [0.2, 0.25) is 0 Å². The molecule has 0 saturated heterocycles. The van der Waals surface area contributed by atoms with Crippen LogP contribution in [0.1, 0.15) is 12.0 Å². The number of phenols is 1. The molecule has 0 amide bonds. The first-order chi connectivity index (χ1) is 6.31. The van der Waals surface area contributed by atoms with E-state index in [9.17, 15) is 5.11 Å². The normalized spacial score (nSPS) is 20.5. The molecule has 0 radical (unpaired) electrons. The van der Waals surface area contributed by atoms with Gasteiger partial charge in [0.1, 0.15) is 6.10 Å². The third-order valence-corrected chi connectivity index (χ3v) is 2.30. The number of fused-ring (bicyclic) bond motifs is 1.